The van der Waals surface area contributed by atoms with Crippen LogP contribution in [0.1, 0.15) is 362 Å². The van der Waals surface area contributed by atoms with E-state index in [0.29, 0.717) is 25.7 Å². The summed E-state index contributed by atoms with van der Waals surface area (Å²) < 4.78 is 68.4. The highest BCUT2D eigenvalue weighted by Crippen LogP contribution is 2.45. The zero-order valence-corrected chi connectivity index (χ0v) is 61.7. The Morgan fingerprint density at radius 1 is 0.333 bits per heavy atom. The third-order valence-electron chi connectivity index (χ3n) is 16.7. The van der Waals surface area contributed by atoms with Gasteiger partial charge >= 0.3 is 39.5 Å². The van der Waals surface area contributed by atoms with Crippen LogP contribution in [0.3, 0.4) is 0 Å². The molecule has 2 unspecified atom stereocenters. The molecular weight excluding hydrogens is 1220 g/mol. The smallest absolute Gasteiger partial charge is 0.462 e. The van der Waals surface area contributed by atoms with Crippen LogP contribution in [0.25, 0.3) is 0 Å². The number of carbonyl (C=O) groups is 4. The normalized spacial score (nSPS) is 14.2. The first-order valence-corrected chi connectivity index (χ1v) is 40.9. The van der Waals surface area contributed by atoms with Crippen molar-refractivity contribution < 1.29 is 80.2 Å². The number of hydrogen-bond donors (Lipinski definition) is 3. The van der Waals surface area contributed by atoms with Gasteiger partial charge in [0.05, 0.1) is 26.4 Å². The lowest BCUT2D eigenvalue weighted by molar-refractivity contribution is -0.161. The van der Waals surface area contributed by atoms with E-state index in [9.17, 15) is 43.2 Å². The van der Waals surface area contributed by atoms with Crippen LogP contribution >= 0.6 is 15.6 Å². The van der Waals surface area contributed by atoms with E-state index in [1.165, 1.54) is 173 Å². The Labute approximate surface area is 567 Å². The van der Waals surface area contributed by atoms with Crippen molar-refractivity contribution in [2.75, 3.05) is 39.6 Å². The van der Waals surface area contributed by atoms with Gasteiger partial charge in [-0.25, -0.2) is 9.13 Å². The molecule has 17 nitrogen and oxygen atoms in total. The van der Waals surface area contributed by atoms with E-state index < -0.39 is 97.5 Å². The number of carbonyl (C=O) groups excluding carboxylic acids is 4. The highest BCUT2D eigenvalue weighted by Gasteiger charge is 2.30. The summed E-state index contributed by atoms with van der Waals surface area (Å²) in [6.45, 7) is 7.18. The Kier molecular flexibility index (Phi) is 65.0. The van der Waals surface area contributed by atoms with E-state index in [-0.39, 0.29) is 25.7 Å². The molecule has 0 radical (unpaired) electrons. The van der Waals surface area contributed by atoms with Crippen molar-refractivity contribution in [2.24, 2.45) is 5.92 Å². The molecular formula is C74H140O17P2. The zero-order chi connectivity index (χ0) is 68.4. The maximum Gasteiger partial charge on any atom is 0.472 e. The third-order valence-corrected chi connectivity index (χ3v) is 18.6. The predicted octanol–water partition coefficient (Wildman–Crippen LogP) is 21.2. The minimum Gasteiger partial charge on any atom is -0.462 e. The van der Waals surface area contributed by atoms with Gasteiger partial charge in [0, 0.05) is 25.7 Å². The molecule has 0 aromatic carbocycles. The van der Waals surface area contributed by atoms with Gasteiger partial charge in [-0.05, 0) is 57.3 Å². The second-order valence-electron chi connectivity index (χ2n) is 26.5. The topological polar surface area (TPSA) is 237 Å². The summed E-state index contributed by atoms with van der Waals surface area (Å²) in [5.74, 6) is -1.42. The summed E-state index contributed by atoms with van der Waals surface area (Å²) in [4.78, 5) is 72.7. The molecule has 19 heteroatoms. The average Bonchev–Trinajstić information content (AvgIpc) is 2.87. The van der Waals surface area contributed by atoms with Gasteiger partial charge in [-0.3, -0.25) is 37.3 Å². The van der Waals surface area contributed by atoms with E-state index in [0.717, 1.165) is 109 Å². The first-order chi connectivity index (χ1) is 45.0. The van der Waals surface area contributed by atoms with Gasteiger partial charge in [0.25, 0.3) is 0 Å². The molecule has 3 N–H and O–H groups in total. The van der Waals surface area contributed by atoms with Gasteiger partial charge in [0.1, 0.15) is 19.3 Å². The molecule has 0 aromatic heterocycles. The minimum atomic E-state index is -4.96. The number of hydrogen-bond acceptors (Lipinski definition) is 15. The van der Waals surface area contributed by atoms with E-state index in [1.807, 2.05) is 0 Å². The minimum absolute atomic E-state index is 0.0856. The Morgan fingerprint density at radius 2 is 0.581 bits per heavy atom. The number of allylic oxidation sites excluding steroid dienone is 4. The average molecular weight is 1360 g/mol. The van der Waals surface area contributed by atoms with E-state index in [2.05, 4.69) is 58.9 Å². The van der Waals surface area contributed by atoms with Gasteiger partial charge in [0.15, 0.2) is 12.2 Å². The van der Waals surface area contributed by atoms with Crippen LogP contribution in [-0.2, 0) is 65.4 Å². The standard InChI is InChI=1S/C74H140O17P2/c1-6-9-12-15-18-21-24-27-29-31-34-36-42-47-52-57-71(76)84-63-69(90-74(79)60-55-50-45-38-35-32-30-28-25-22-19-16-13-10-7-2)65-88-92(80,81)86-61-68(75)62-87-93(82,83)89-66-70(64-85-72(77)58-53-48-43-40-39-41-46-51-56-67(4)5)91-73(78)59-54-49-44-37-33-26-23-20-17-14-11-8-3/h22,25,28,30,67-70,75H,6-21,23-24,26-27,29,31-66H2,1-5H3,(H,80,81)(H,82,83)/b25-22-,30-28-/t68-,69-,70-/m1/s1. The Balaban J connectivity index is 5.29. The largest absolute Gasteiger partial charge is 0.472 e. The summed E-state index contributed by atoms with van der Waals surface area (Å²) in [7, 11) is -9.92. The Bertz CT molecular complexity index is 1880. The number of aliphatic hydroxyl groups is 1. The van der Waals surface area contributed by atoms with Crippen LogP contribution in [0.15, 0.2) is 24.3 Å². The fourth-order valence-corrected chi connectivity index (χ4v) is 12.4. The van der Waals surface area contributed by atoms with Gasteiger partial charge in [-0.2, -0.15) is 0 Å². The first-order valence-electron chi connectivity index (χ1n) is 38.0. The molecule has 0 aliphatic heterocycles. The van der Waals surface area contributed by atoms with Crippen LogP contribution in [0, 0.1) is 5.92 Å². The summed E-state index contributed by atoms with van der Waals surface area (Å²) in [5.41, 5.74) is 0. The van der Waals surface area contributed by atoms with Crippen LogP contribution in [-0.4, -0.2) is 96.7 Å². The van der Waals surface area contributed by atoms with E-state index in [1.54, 1.807) is 0 Å². The van der Waals surface area contributed by atoms with Gasteiger partial charge < -0.3 is 33.8 Å². The number of phosphoric acid groups is 2. The molecule has 0 spiro atoms. The maximum absolute atomic E-state index is 13.1. The number of ether oxygens (including phenoxy) is 4. The molecule has 0 saturated carbocycles. The van der Waals surface area contributed by atoms with Crippen molar-refractivity contribution in [3.63, 3.8) is 0 Å². The monoisotopic (exact) mass is 1360 g/mol. The van der Waals surface area contributed by atoms with Crippen molar-refractivity contribution in [1.82, 2.24) is 0 Å². The summed E-state index contributed by atoms with van der Waals surface area (Å²) >= 11 is 0. The molecule has 0 rings (SSSR count). The quantitative estimate of drug-likeness (QED) is 0.0169. The lowest BCUT2D eigenvalue weighted by Gasteiger charge is -2.21. The predicted molar refractivity (Wildman–Crippen MR) is 377 cm³/mol. The summed E-state index contributed by atoms with van der Waals surface area (Å²) in [5, 5.41) is 10.6. The SMILES string of the molecule is CCCCCC/C=C\C=C/CCCCCCCC(=O)O[C@H](COC(=O)CCCCCCCCCCCCCCCCC)COP(=O)(O)OC[C@@H](O)COP(=O)(O)OC[C@@H](COC(=O)CCCCCCCCCCC(C)C)OC(=O)CCCCCCCCCCCCCC. The number of aliphatic hydroxyl groups excluding tert-OH is 1. The molecule has 0 aliphatic carbocycles. The molecule has 93 heavy (non-hydrogen) atoms. The Hall–Kier alpha value is -2.46. The van der Waals surface area contributed by atoms with Gasteiger partial charge in [0.2, 0.25) is 0 Å². The number of esters is 4. The highest BCUT2D eigenvalue weighted by molar-refractivity contribution is 7.47. The molecule has 0 aromatic rings. The van der Waals surface area contributed by atoms with E-state index in [4.69, 9.17) is 37.0 Å². The molecule has 0 fully saturated rings. The fraction of sp³-hybridized carbons (Fsp3) is 0.892. The second kappa shape index (κ2) is 66.8. The summed E-state index contributed by atoms with van der Waals surface area (Å²) in [6, 6.07) is 0. The lowest BCUT2D eigenvalue weighted by Crippen LogP contribution is -2.30. The highest BCUT2D eigenvalue weighted by atomic mass is 31.2. The molecule has 0 amide bonds. The van der Waals surface area contributed by atoms with Gasteiger partial charge in [-0.15, -0.1) is 0 Å². The van der Waals surface area contributed by atoms with Crippen LogP contribution in [0.5, 0.6) is 0 Å². The van der Waals surface area contributed by atoms with Crippen molar-refractivity contribution in [2.45, 2.75) is 380 Å². The summed E-state index contributed by atoms with van der Waals surface area (Å²) in [6.07, 6.45) is 57.6. The molecule has 5 atom stereocenters. The maximum atomic E-state index is 13.1. The second-order valence-corrected chi connectivity index (χ2v) is 29.4. The molecule has 0 heterocycles. The van der Waals surface area contributed by atoms with Crippen LogP contribution < -0.4 is 0 Å². The van der Waals surface area contributed by atoms with Crippen LogP contribution in [0.4, 0.5) is 0 Å². The van der Waals surface area contributed by atoms with Crippen molar-refractivity contribution in [3.05, 3.63) is 24.3 Å². The zero-order valence-electron chi connectivity index (χ0n) is 59.9. The fourth-order valence-electron chi connectivity index (χ4n) is 10.8. The van der Waals surface area contributed by atoms with Crippen molar-refractivity contribution >= 4 is 39.5 Å². The third kappa shape index (κ3) is 67.9. The molecule has 0 bridgehead atoms. The first kappa shape index (κ1) is 90.5. The van der Waals surface area contributed by atoms with Gasteiger partial charge in [-0.1, -0.05) is 309 Å². The number of rotatable bonds is 72. The molecule has 0 aliphatic rings. The molecule has 0 saturated heterocycles. The number of phosphoric ester groups is 2. The molecule has 548 valence electrons. The Morgan fingerprint density at radius 3 is 0.882 bits per heavy atom. The van der Waals surface area contributed by atoms with E-state index >= 15 is 0 Å². The number of unbranched alkanes of at least 4 members (excludes halogenated alkanes) is 41. The lowest BCUT2D eigenvalue weighted by atomic mass is 10.0. The van der Waals surface area contributed by atoms with Crippen LogP contribution in [0.2, 0.25) is 0 Å². The van der Waals surface area contributed by atoms with Crippen molar-refractivity contribution in [1.29, 1.82) is 0 Å². The van der Waals surface area contributed by atoms with Crippen molar-refractivity contribution in [3.8, 4) is 0 Å².